The van der Waals surface area contributed by atoms with Crippen LogP contribution in [0.3, 0.4) is 0 Å². The van der Waals surface area contributed by atoms with Gasteiger partial charge in [-0.05, 0) is 26.3 Å². The third-order valence-electron chi connectivity index (χ3n) is 1.91. The van der Waals surface area contributed by atoms with Gasteiger partial charge in [-0.25, -0.2) is 0 Å². The molecule has 0 spiro atoms. The lowest BCUT2D eigenvalue weighted by molar-refractivity contribution is 0.636. The molecule has 1 atom stereocenters. The zero-order valence-electron chi connectivity index (χ0n) is 7.96. The molecule has 0 fully saturated rings. The van der Waals surface area contributed by atoms with Crippen molar-refractivity contribution < 1.29 is 0 Å². The molecule has 2 heteroatoms. The van der Waals surface area contributed by atoms with Crippen LogP contribution in [0, 0.1) is 0 Å². The van der Waals surface area contributed by atoms with Gasteiger partial charge < -0.3 is 5.43 Å². The van der Waals surface area contributed by atoms with Crippen LogP contribution in [0.2, 0.25) is 0 Å². The van der Waals surface area contributed by atoms with Crippen molar-refractivity contribution in [3.8, 4) is 0 Å². The quantitative estimate of drug-likeness (QED) is 0.622. The number of hydrogen-bond acceptors (Lipinski definition) is 2. The summed E-state index contributed by atoms with van der Waals surface area (Å²) in [6.45, 7) is 6.20. The van der Waals surface area contributed by atoms with Gasteiger partial charge in [-0.3, -0.25) is 0 Å². The summed E-state index contributed by atoms with van der Waals surface area (Å²) in [6.07, 6.45) is 7.27. The summed E-state index contributed by atoms with van der Waals surface area (Å²) in [7, 11) is 0. The molecule has 0 aromatic rings. The van der Waals surface area contributed by atoms with Gasteiger partial charge in [0.05, 0.1) is 5.71 Å². The molecule has 1 N–H and O–H groups in total. The highest BCUT2D eigenvalue weighted by Crippen LogP contribution is 2.11. The molecular weight excluding hydrogens is 148 g/mol. The van der Waals surface area contributed by atoms with Crippen LogP contribution in [-0.2, 0) is 0 Å². The zero-order chi connectivity index (χ0) is 8.97. The molecule has 66 valence electrons. The molecule has 0 aromatic heterocycles. The highest BCUT2D eigenvalue weighted by atomic mass is 15.3. The standard InChI is InChI=1S/C10H16N2/c1-4-6-9(5-2)10-7-8(3)11-12-10/h4-6,8,11H,7H2,1-3H3/b6-4-,9-5+. The molecule has 1 heterocycles. The molecule has 1 aliphatic heterocycles. The molecule has 0 aliphatic carbocycles. The van der Waals surface area contributed by atoms with E-state index in [1.165, 1.54) is 11.3 Å². The largest absolute Gasteiger partial charge is 0.307 e. The summed E-state index contributed by atoms with van der Waals surface area (Å²) >= 11 is 0. The van der Waals surface area contributed by atoms with Crippen LogP contribution in [0.5, 0.6) is 0 Å². The maximum Gasteiger partial charge on any atom is 0.0692 e. The average Bonchev–Trinajstić information content (AvgIpc) is 2.47. The van der Waals surface area contributed by atoms with Crippen molar-refractivity contribution in [2.45, 2.75) is 33.2 Å². The van der Waals surface area contributed by atoms with Crippen molar-refractivity contribution in [2.75, 3.05) is 0 Å². The second kappa shape index (κ2) is 4.10. The molecule has 0 saturated heterocycles. The minimum absolute atomic E-state index is 0.486. The minimum atomic E-state index is 0.486. The van der Waals surface area contributed by atoms with Crippen LogP contribution in [0.15, 0.2) is 28.9 Å². The molecule has 1 unspecified atom stereocenters. The van der Waals surface area contributed by atoms with E-state index >= 15 is 0 Å². The Morgan fingerprint density at radius 1 is 1.58 bits per heavy atom. The monoisotopic (exact) mass is 164 g/mol. The van der Waals surface area contributed by atoms with Gasteiger partial charge >= 0.3 is 0 Å². The van der Waals surface area contributed by atoms with Crippen molar-refractivity contribution in [2.24, 2.45) is 5.10 Å². The van der Waals surface area contributed by atoms with Crippen LogP contribution < -0.4 is 5.43 Å². The van der Waals surface area contributed by atoms with Crippen LogP contribution in [-0.4, -0.2) is 11.8 Å². The Morgan fingerprint density at radius 3 is 2.75 bits per heavy atom. The number of rotatable bonds is 2. The van der Waals surface area contributed by atoms with E-state index in [0.717, 1.165) is 6.42 Å². The lowest BCUT2D eigenvalue weighted by atomic mass is 10.1. The molecule has 0 bridgehead atoms. The van der Waals surface area contributed by atoms with E-state index in [1.54, 1.807) is 0 Å². The van der Waals surface area contributed by atoms with Crippen molar-refractivity contribution >= 4 is 5.71 Å². The first kappa shape index (κ1) is 9.04. The maximum atomic E-state index is 4.25. The molecule has 1 aliphatic rings. The maximum absolute atomic E-state index is 4.25. The molecule has 0 radical (unpaired) electrons. The smallest absolute Gasteiger partial charge is 0.0692 e. The van der Waals surface area contributed by atoms with Crippen molar-refractivity contribution in [3.05, 3.63) is 23.8 Å². The first-order chi connectivity index (χ1) is 5.77. The first-order valence-corrected chi connectivity index (χ1v) is 4.39. The van der Waals surface area contributed by atoms with E-state index < -0.39 is 0 Å². The second-order valence-electron chi connectivity index (χ2n) is 3.04. The lowest BCUT2D eigenvalue weighted by Crippen LogP contribution is -2.13. The number of nitrogens with zero attached hydrogens (tertiary/aromatic N) is 1. The van der Waals surface area contributed by atoms with Gasteiger partial charge in [-0.2, -0.15) is 5.10 Å². The first-order valence-electron chi connectivity index (χ1n) is 4.39. The number of nitrogens with one attached hydrogen (secondary N) is 1. The van der Waals surface area contributed by atoms with Gasteiger partial charge in [-0.15, -0.1) is 0 Å². The van der Waals surface area contributed by atoms with Crippen LogP contribution >= 0.6 is 0 Å². The molecule has 1 rings (SSSR count). The van der Waals surface area contributed by atoms with Gasteiger partial charge in [-0.1, -0.05) is 18.2 Å². The van der Waals surface area contributed by atoms with Crippen LogP contribution in [0.25, 0.3) is 0 Å². The second-order valence-corrected chi connectivity index (χ2v) is 3.04. The third kappa shape index (κ3) is 1.97. The fourth-order valence-electron chi connectivity index (χ4n) is 1.29. The summed E-state index contributed by atoms with van der Waals surface area (Å²) in [5, 5.41) is 4.25. The van der Waals surface area contributed by atoms with Gasteiger partial charge in [0, 0.05) is 12.5 Å². The van der Waals surface area contributed by atoms with Crippen molar-refractivity contribution in [3.63, 3.8) is 0 Å². The molecular formula is C10H16N2. The number of allylic oxidation sites excluding steroid dienone is 4. The fourth-order valence-corrected chi connectivity index (χ4v) is 1.29. The van der Waals surface area contributed by atoms with E-state index in [2.05, 4.69) is 29.6 Å². The highest BCUT2D eigenvalue weighted by Gasteiger charge is 2.14. The molecule has 0 amide bonds. The molecule has 0 aromatic carbocycles. The Labute approximate surface area is 74.1 Å². The summed E-state index contributed by atoms with van der Waals surface area (Å²) in [5.74, 6) is 0. The fraction of sp³-hybridized carbons (Fsp3) is 0.500. The SMILES string of the molecule is C/C=C\C(=C/C)C1=NNC(C)C1. The van der Waals surface area contributed by atoms with E-state index in [4.69, 9.17) is 0 Å². The minimum Gasteiger partial charge on any atom is -0.307 e. The van der Waals surface area contributed by atoms with Gasteiger partial charge in [0.15, 0.2) is 0 Å². The number of hydrazone groups is 1. The predicted molar refractivity (Wildman–Crippen MR) is 53.2 cm³/mol. The molecule has 2 nitrogen and oxygen atoms in total. The average molecular weight is 164 g/mol. The normalized spacial score (nSPS) is 24.4. The third-order valence-corrected chi connectivity index (χ3v) is 1.91. The Bertz CT molecular complexity index is 236. The van der Waals surface area contributed by atoms with E-state index in [1.807, 2.05) is 19.9 Å². The van der Waals surface area contributed by atoms with Gasteiger partial charge in [0.2, 0.25) is 0 Å². The van der Waals surface area contributed by atoms with E-state index in [0.29, 0.717) is 6.04 Å². The summed E-state index contributed by atoms with van der Waals surface area (Å²) in [4.78, 5) is 0. The Kier molecular flexibility index (Phi) is 3.09. The van der Waals surface area contributed by atoms with Crippen LogP contribution in [0.4, 0.5) is 0 Å². The Morgan fingerprint density at radius 2 is 2.33 bits per heavy atom. The van der Waals surface area contributed by atoms with E-state index in [9.17, 15) is 0 Å². The Hall–Kier alpha value is -1.05. The Balaban J connectivity index is 2.69. The summed E-state index contributed by atoms with van der Waals surface area (Å²) in [6, 6.07) is 0.486. The van der Waals surface area contributed by atoms with Crippen molar-refractivity contribution in [1.29, 1.82) is 0 Å². The number of hydrogen-bond donors (Lipinski definition) is 1. The van der Waals surface area contributed by atoms with E-state index in [-0.39, 0.29) is 0 Å². The predicted octanol–water partition coefficient (Wildman–Crippen LogP) is 2.25. The summed E-state index contributed by atoms with van der Waals surface area (Å²) in [5.41, 5.74) is 5.46. The van der Waals surface area contributed by atoms with Crippen molar-refractivity contribution in [1.82, 2.24) is 5.43 Å². The summed E-state index contributed by atoms with van der Waals surface area (Å²) < 4.78 is 0. The molecule has 0 saturated carbocycles. The lowest BCUT2D eigenvalue weighted by Gasteiger charge is -1.99. The van der Waals surface area contributed by atoms with Gasteiger partial charge in [0.25, 0.3) is 0 Å². The zero-order valence-corrected chi connectivity index (χ0v) is 7.96. The van der Waals surface area contributed by atoms with Gasteiger partial charge in [0.1, 0.15) is 0 Å². The topological polar surface area (TPSA) is 24.4 Å². The van der Waals surface area contributed by atoms with Crippen LogP contribution in [0.1, 0.15) is 27.2 Å². The highest BCUT2D eigenvalue weighted by molar-refractivity contribution is 6.03. The molecule has 12 heavy (non-hydrogen) atoms.